The van der Waals surface area contributed by atoms with Crippen LogP contribution in [0.4, 0.5) is 0 Å². The van der Waals surface area contributed by atoms with Crippen molar-refractivity contribution < 1.29 is 4.74 Å². The predicted octanol–water partition coefficient (Wildman–Crippen LogP) is 3.45. The monoisotopic (exact) mass is 360 g/mol. The fourth-order valence-corrected chi connectivity index (χ4v) is 3.20. The molecular weight excluding hydrogens is 332 g/mol. The molecule has 2 N–H and O–H groups in total. The molecule has 1 aromatic heterocycles. The number of hydrogen-bond donors (Lipinski definition) is 2. The molecule has 6 heteroatoms. The molecular formula is C19H28N4OS. The van der Waals surface area contributed by atoms with E-state index in [0.29, 0.717) is 6.54 Å². The molecule has 0 saturated carbocycles. The fraction of sp³-hybridized carbons (Fsp3) is 0.474. The van der Waals surface area contributed by atoms with Crippen LogP contribution < -0.4 is 15.4 Å². The van der Waals surface area contributed by atoms with Gasteiger partial charge in [0, 0.05) is 18.5 Å². The van der Waals surface area contributed by atoms with Gasteiger partial charge in [0.15, 0.2) is 5.96 Å². The second kappa shape index (κ2) is 9.42. The van der Waals surface area contributed by atoms with Crippen LogP contribution in [0.25, 0.3) is 0 Å². The molecule has 0 aliphatic rings. The minimum Gasteiger partial charge on any atom is -0.491 e. The van der Waals surface area contributed by atoms with Gasteiger partial charge >= 0.3 is 0 Å². The molecule has 136 valence electrons. The number of rotatable bonds is 7. The topological polar surface area (TPSA) is 58.5 Å². The van der Waals surface area contributed by atoms with E-state index in [2.05, 4.69) is 39.7 Å². The lowest BCUT2D eigenvalue weighted by atomic mass is 10.1. The minimum absolute atomic E-state index is 0.201. The standard InChI is InChI=1S/C19H28N4OS/c1-13(2)24-17-8-6-16(7-9-17)10-11-21-19(20-5)22-12-18-23-14(3)15(4)25-18/h6-9,13H,10-12H2,1-5H3,(H2,20,21,22). The fourth-order valence-electron chi connectivity index (χ4n) is 2.33. The van der Waals surface area contributed by atoms with Crippen LogP contribution in [-0.4, -0.2) is 30.6 Å². The summed E-state index contributed by atoms with van der Waals surface area (Å²) >= 11 is 1.72. The Morgan fingerprint density at radius 2 is 1.92 bits per heavy atom. The largest absolute Gasteiger partial charge is 0.491 e. The van der Waals surface area contributed by atoms with Gasteiger partial charge in [-0.05, 0) is 51.8 Å². The third-order valence-corrected chi connectivity index (χ3v) is 4.78. The number of aromatic nitrogens is 1. The van der Waals surface area contributed by atoms with Crippen molar-refractivity contribution >= 4 is 17.3 Å². The summed E-state index contributed by atoms with van der Waals surface area (Å²) in [5, 5.41) is 7.73. The van der Waals surface area contributed by atoms with Gasteiger partial charge in [0.25, 0.3) is 0 Å². The van der Waals surface area contributed by atoms with Crippen LogP contribution >= 0.6 is 11.3 Å². The van der Waals surface area contributed by atoms with Gasteiger partial charge in [-0.25, -0.2) is 4.98 Å². The van der Waals surface area contributed by atoms with Crippen molar-refractivity contribution in [3.8, 4) is 5.75 Å². The van der Waals surface area contributed by atoms with Gasteiger partial charge in [0.1, 0.15) is 10.8 Å². The van der Waals surface area contributed by atoms with Crippen molar-refractivity contribution in [2.24, 2.45) is 4.99 Å². The molecule has 0 unspecified atom stereocenters. The minimum atomic E-state index is 0.201. The summed E-state index contributed by atoms with van der Waals surface area (Å²) in [6.45, 7) is 9.72. The van der Waals surface area contributed by atoms with E-state index >= 15 is 0 Å². The number of thiazole rings is 1. The Balaban J connectivity index is 1.75. The number of benzene rings is 1. The molecule has 2 aromatic rings. The van der Waals surface area contributed by atoms with Crippen LogP contribution in [0, 0.1) is 13.8 Å². The van der Waals surface area contributed by atoms with Gasteiger partial charge in [-0.2, -0.15) is 0 Å². The Labute approximate surface area is 154 Å². The molecule has 1 aromatic carbocycles. The summed E-state index contributed by atoms with van der Waals surface area (Å²) in [7, 11) is 1.78. The maximum absolute atomic E-state index is 5.66. The lowest BCUT2D eigenvalue weighted by Gasteiger charge is -2.12. The number of hydrogen-bond acceptors (Lipinski definition) is 4. The Bertz CT molecular complexity index is 672. The Kier molecular flexibility index (Phi) is 7.25. The van der Waals surface area contributed by atoms with E-state index in [0.717, 1.165) is 35.4 Å². The molecule has 5 nitrogen and oxygen atoms in total. The highest BCUT2D eigenvalue weighted by Gasteiger charge is 2.05. The molecule has 0 radical (unpaired) electrons. The molecule has 0 amide bonds. The van der Waals surface area contributed by atoms with Crippen molar-refractivity contribution in [2.75, 3.05) is 13.6 Å². The molecule has 0 bridgehead atoms. The maximum Gasteiger partial charge on any atom is 0.191 e. The first-order chi connectivity index (χ1) is 12.0. The van der Waals surface area contributed by atoms with Gasteiger partial charge in [0.2, 0.25) is 0 Å². The molecule has 0 saturated heterocycles. The van der Waals surface area contributed by atoms with E-state index in [4.69, 9.17) is 4.74 Å². The van der Waals surface area contributed by atoms with E-state index in [-0.39, 0.29) is 6.10 Å². The molecule has 0 aliphatic carbocycles. The zero-order chi connectivity index (χ0) is 18.2. The van der Waals surface area contributed by atoms with E-state index < -0.39 is 0 Å². The third kappa shape index (κ3) is 6.38. The van der Waals surface area contributed by atoms with Crippen LogP contribution in [0.2, 0.25) is 0 Å². The highest BCUT2D eigenvalue weighted by molar-refractivity contribution is 7.11. The summed E-state index contributed by atoms with van der Waals surface area (Å²) in [6, 6.07) is 8.26. The van der Waals surface area contributed by atoms with Crippen molar-refractivity contribution in [1.82, 2.24) is 15.6 Å². The van der Waals surface area contributed by atoms with Gasteiger partial charge in [-0.1, -0.05) is 12.1 Å². The van der Waals surface area contributed by atoms with Crippen molar-refractivity contribution in [3.63, 3.8) is 0 Å². The number of nitrogens with one attached hydrogen (secondary N) is 2. The molecule has 0 aliphatic heterocycles. The Morgan fingerprint density at radius 3 is 2.48 bits per heavy atom. The number of aryl methyl sites for hydroxylation is 2. The second-order valence-corrected chi connectivity index (χ2v) is 7.45. The van der Waals surface area contributed by atoms with E-state index in [1.165, 1.54) is 10.4 Å². The molecule has 1 heterocycles. The third-order valence-electron chi connectivity index (χ3n) is 3.70. The second-order valence-electron chi connectivity index (χ2n) is 6.16. The van der Waals surface area contributed by atoms with E-state index in [9.17, 15) is 0 Å². The SMILES string of the molecule is CN=C(NCCc1ccc(OC(C)C)cc1)NCc1nc(C)c(C)s1. The molecule has 0 fully saturated rings. The maximum atomic E-state index is 5.66. The van der Waals surface area contributed by atoms with Crippen LogP contribution in [0.1, 0.15) is 35.0 Å². The van der Waals surface area contributed by atoms with Crippen molar-refractivity contribution in [1.29, 1.82) is 0 Å². The summed E-state index contributed by atoms with van der Waals surface area (Å²) in [5.74, 6) is 1.71. The van der Waals surface area contributed by atoms with Crippen LogP contribution in [0.3, 0.4) is 0 Å². The van der Waals surface area contributed by atoms with Gasteiger partial charge in [0.05, 0.1) is 18.3 Å². The average Bonchev–Trinajstić information content (AvgIpc) is 2.90. The zero-order valence-electron chi connectivity index (χ0n) is 15.7. The van der Waals surface area contributed by atoms with Crippen LogP contribution in [0.5, 0.6) is 5.75 Å². The number of guanidine groups is 1. The number of ether oxygens (including phenoxy) is 1. The molecule has 2 rings (SSSR count). The first-order valence-electron chi connectivity index (χ1n) is 8.61. The quantitative estimate of drug-likeness (QED) is 0.586. The normalized spacial score (nSPS) is 11.7. The van der Waals surface area contributed by atoms with Crippen molar-refractivity contribution in [2.45, 2.75) is 46.8 Å². The van der Waals surface area contributed by atoms with Gasteiger partial charge in [-0.3, -0.25) is 4.99 Å². The first kappa shape index (κ1) is 19.2. The van der Waals surface area contributed by atoms with Gasteiger partial charge in [-0.15, -0.1) is 11.3 Å². The van der Waals surface area contributed by atoms with E-state index in [1.54, 1.807) is 18.4 Å². The van der Waals surface area contributed by atoms with Crippen LogP contribution in [0.15, 0.2) is 29.3 Å². The predicted molar refractivity (Wildman–Crippen MR) is 106 cm³/mol. The van der Waals surface area contributed by atoms with Crippen LogP contribution in [-0.2, 0) is 13.0 Å². The highest BCUT2D eigenvalue weighted by Crippen LogP contribution is 2.16. The highest BCUT2D eigenvalue weighted by atomic mass is 32.1. The lowest BCUT2D eigenvalue weighted by molar-refractivity contribution is 0.242. The summed E-state index contributed by atoms with van der Waals surface area (Å²) in [4.78, 5) is 10.1. The Hall–Kier alpha value is -2.08. The van der Waals surface area contributed by atoms with Crippen molar-refractivity contribution in [3.05, 3.63) is 45.4 Å². The first-order valence-corrected chi connectivity index (χ1v) is 9.42. The molecule has 0 atom stereocenters. The van der Waals surface area contributed by atoms with Gasteiger partial charge < -0.3 is 15.4 Å². The average molecular weight is 361 g/mol. The molecule has 0 spiro atoms. The Morgan fingerprint density at radius 1 is 1.20 bits per heavy atom. The summed E-state index contributed by atoms with van der Waals surface area (Å²) in [5.41, 5.74) is 2.37. The smallest absolute Gasteiger partial charge is 0.191 e. The molecule has 25 heavy (non-hydrogen) atoms. The number of aliphatic imine (C=N–C) groups is 1. The lowest BCUT2D eigenvalue weighted by Crippen LogP contribution is -2.37. The van der Waals surface area contributed by atoms with E-state index in [1.807, 2.05) is 32.9 Å². The summed E-state index contributed by atoms with van der Waals surface area (Å²) in [6.07, 6.45) is 1.13. The summed E-state index contributed by atoms with van der Waals surface area (Å²) < 4.78 is 5.66. The number of nitrogens with zero attached hydrogens (tertiary/aromatic N) is 2. The zero-order valence-corrected chi connectivity index (χ0v) is 16.5.